The summed E-state index contributed by atoms with van der Waals surface area (Å²) in [6.07, 6.45) is 8.24. The summed E-state index contributed by atoms with van der Waals surface area (Å²) in [6, 6.07) is 7.94. The third-order valence-corrected chi connectivity index (χ3v) is 4.43. The number of amides is 1. The molecule has 1 amide bonds. The average Bonchev–Trinajstić information content (AvgIpc) is 2.54. The van der Waals surface area contributed by atoms with Crippen molar-refractivity contribution in [1.29, 1.82) is 0 Å². The molecule has 1 aliphatic heterocycles. The highest BCUT2D eigenvalue weighted by atomic mass is 16.2. The highest BCUT2D eigenvalue weighted by molar-refractivity contribution is 5.98. The topological polar surface area (TPSA) is 46.2 Å². The molecule has 1 aliphatic rings. The zero-order valence-corrected chi connectivity index (χ0v) is 13.6. The predicted molar refractivity (Wildman–Crippen MR) is 89.0 cm³/mol. The fraction of sp³-hybridized carbons (Fsp3) is 0.579. The normalized spacial score (nSPS) is 18.0. The number of carbonyl (C=O) groups is 2. The second-order valence-electron chi connectivity index (χ2n) is 6.27. The van der Waals surface area contributed by atoms with Crippen molar-refractivity contribution in [3.8, 4) is 0 Å². The number of piperidine rings is 1. The first kappa shape index (κ1) is 16.7. The van der Waals surface area contributed by atoms with Crippen LogP contribution in [0.5, 0.6) is 0 Å². The van der Waals surface area contributed by atoms with Gasteiger partial charge in [-0.2, -0.15) is 0 Å². The van der Waals surface area contributed by atoms with Gasteiger partial charge in [0.1, 0.15) is 0 Å². The third-order valence-electron chi connectivity index (χ3n) is 4.43. The molecule has 0 saturated carbocycles. The average molecular weight is 301 g/mol. The predicted octanol–water partition coefficient (Wildman–Crippen LogP) is 3.91. The van der Waals surface area contributed by atoms with Crippen molar-refractivity contribution in [2.45, 2.75) is 58.3 Å². The second kappa shape index (κ2) is 8.72. The van der Waals surface area contributed by atoms with Crippen LogP contribution in [0.4, 0.5) is 0 Å². The molecule has 1 aromatic rings. The van der Waals surface area contributed by atoms with Gasteiger partial charge in [-0.3, -0.25) is 9.59 Å². The fourth-order valence-corrected chi connectivity index (χ4v) is 2.99. The Morgan fingerprint density at radius 1 is 1.18 bits per heavy atom. The Bertz CT molecular complexity index is 493. The molecule has 3 heteroatoms. The first-order valence-electron chi connectivity index (χ1n) is 8.60. The molecule has 0 spiro atoms. The minimum Gasteiger partial charge on any atom is -0.356 e. The molecule has 22 heavy (non-hydrogen) atoms. The fourth-order valence-electron chi connectivity index (χ4n) is 2.99. The third kappa shape index (κ3) is 4.97. The van der Waals surface area contributed by atoms with Crippen LogP contribution in [0.15, 0.2) is 24.3 Å². The van der Waals surface area contributed by atoms with E-state index < -0.39 is 0 Å². The Hall–Kier alpha value is -1.64. The summed E-state index contributed by atoms with van der Waals surface area (Å²) in [5, 5.41) is 2.84. The molecule has 1 N–H and O–H groups in total. The maximum Gasteiger partial charge on any atom is 0.223 e. The van der Waals surface area contributed by atoms with Crippen molar-refractivity contribution < 1.29 is 9.59 Å². The van der Waals surface area contributed by atoms with Crippen molar-refractivity contribution in [2.75, 3.05) is 6.54 Å². The number of Topliss-reactive ketones (excluding diaryl/α,β-unsaturated/α-hetero) is 1. The summed E-state index contributed by atoms with van der Waals surface area (Å²) in [7, 11) is 0. The Kier molecular flexibility index (Phi) is 6.63. The molecule has 0 aliphatic carbocycles. The molecular formula is C19H27NO2. The molecule has 3 nitrogen and oxygen atoms in total. The number of benzene rings is 1. The van der Waals surface area contributed by atoms with Gasteiger partial charge in [0.15, 0.2) is 5.78 Å². The van der Waals surface area contributed by atoms with Crippen molar-refractivity contribution in [2.24, 2.45) is 5.92 Å². The van der Waals surface area contributed by atoms with Gasteiger partial charge in [-0.05, 0) is 31.2 Å². The molecule has 2 rings (SSSR count). The van der Waals surface area contributed by atoms with E-state index in [0.717, 1.165) is 31.4 Å². The van der Waals surface area contributed by atoms with Crippen LogP contribution < -0.4 is 5.32 Å². The molecule has 1 atom stereocenters. The monoisotopic (exact) mass is 301 g/mol. The first-order chi connectivity index (χ1) is 10.7. The number of hydrogen-bond donors (Lipinski definition) is 1. The van der Waals surface area contributed by atoms with Crippen LogP contribution >= 0.6 is 0 Å². The standard InChI is InChI=1S/C19H27NO2/c1-2-3-4-5-7-15-9-11-16(12-10-15)18(21)14-17-8-6-13-20-19(17)22/h9-12,17H,2-8,13-14H2,1H3,(H,20,22)/t17-/m1/s1. The molecule has 0 bridgehead atoms. The van der Waals surface area contributed by atoms with E-state index in [9.17, 15) is 9.59 Å². The summed E-state index contributed by atoms with van der Waals surface area (Å²) in [5.41, 5.74) is 2.03. The molecule has 0 unspecified atom stereocenters. The lowest BCUT2D eigenvalue weighted by molar-refractivity contribution is -0.126. The van der Waals surface area contributed by atoms with Crippen molar-refractivity contribution in [3.05, 3.63) is 35.4 Å². The van der Waals surface area contributed by atoms with Crippen LogP contribution in [0.25, 0.3) is 0 Å². The molecule has 1 aromatic carbocycles. The van der Waals surface area contributed by atoms with Gasteiger partial charge >= 0.3 is 0 Å². The number of unbranched alkanes of at least 4 members (excludes halogenated alkanes) is 3. The SMILES string of the molecule is CCCCCCc1ccc(C(=O)C[C@H]2CCCNC2=O)cc1. The minimum absolute atomic E-state index is 0.0344. The lowest BCUT2D eigenvalue weighted by Gasteiger charge is -2.21. The Labute approximate surface area is 133 Å². The van der Waals surface area contributed by atoms with Crippen molar-refractivity contribution in [3.63, 3.8) is 0 Å². The van der Waals surface area contributed by atoms with E-state index in [1.165, 1.54) is 31.2 Å². The van der Waals surface area contributed by atoms with Gasteiger partial charge in [-0.15, -0.1) is 0 Å². The Morgan fingerprint density at radius 2 is 1.95 bits per heavy atom. The van der Waals surface area contributed by atoms with E-state index in [2.05, 4.69) is 24.4 Å². The number of ketones is 1. The van der Waals surface area contributed by atoms with Gasteiger partial charge in [0.05, 0.1) is 0 Å². The summed E-state index contributed by atoms with van der Waals surface area (Å²) >= 11 is 0. The van der Waals surface area contributed by atoms with Gasteiger partial charge in [-0.25, -0.2) is 0 Å². The maximum absolute atomic E-state index is 12.3. The van der Waals surface area contributed by atoms with Gasteiger partial charge < -0.3 is 5.32 Å². The van der Waals surface area contributed by atoms with Gasteiger partial charge in [0.25, 0.3) is 0 Å². The van der Waals surface area contributed by atoms with Gasteiger partial charge in [0, 0.05) is 24.4 Å². The number of carbonyl (C=O) groups excluding carboxylic acids is 2. The highest BCUT2D eigenvalue weighted by Crippen LogP contribution is 2.19. The summed E-state index contributed by atoms with van der Waals surface area (Å²) in [5.74, 6) is -0.0262. The number of rotatable bonds is 8. The van der Waals surface area contributed by atoms with Gasteiger partial charge in [-0.1, -0.05) is 50.5 Å². The van der Waals surface area contributed by atoms with E-state index >= 15 is 0 Å². The van der Waals surface area contributed by atoms with E-state index in [1.807, 2.05) is 12.1 Å². The van der Waals surface area contributed by atoms with E-state index in [0.29, 0.717) is 6.42 Å². The lowest BCUT2D eigenvalue weighted by Crippen LogP contribution is -2.37. The van der Waals surface area contributed by atoms with Crippen LogP contribution in [0, 0.1) is 5.92 Å². The molecule has 0 radical (unpaired) electrons. The second-order valence-corrected chi connectivity index (χ2v) is 6.27. The van der Waals surface area contributed by atoms with Gasteiger partial charge in [0.2, 0.25) is 5.91 Å². The molecule has 120 valence electrons. The Morgan fingerprint density at radius 3 is 2.64 bits per heavy atom. The van der Waals surface area contributed by atoms with Crippen LogP contribution in [0.2, 0.25) is 0 Å². The summed E-state index contributed by atoms with van der Waals surface area (Å²) < 4.78 is 0. The number of hydrogen-bond acceptors (Lipinski definition) is 2. The number of nitrogens with one attached hydrogen (secondary N) is 1. The zero-order valence-electron chi connectivity index (χ0n) is 13.6. The number of aryl methyl sites for hydroxylation is 1. The molecule has 1 saturated heterocycles. The van der Waals surface area contributed by atoms with Crippen LogP contribution in [-0.4, -0.2) is 18.2 Å². The van der Waals surface area contributed by atoms with E-state index in [4.69, 9.17) is 0 Å². The first-order valence-corrected chi connectivity index (χ1v) is 8.60. The smallest absolute Gasteiger partial charge is 0.223 e. The van der Waals surface area contributed by atoms with Crippen molar-refractivity contribution in [1.82, 2.24) is 5.32 Å². The van der Waals surface area contributed by atoms with Crippen molar-refractivity contribution >= 4 is 11.7 Å². The summed E-state index contributed by atoms with van der Waals surface area (Å²) in [6.45, 7) is 2.96. The van der Waals surface area contributed by atoms with E-state index in [-0.39, 0.29) is 17.6 Å². The highest BCUT2D eigenvalue weighted by Gasteiger charge is 2.24. The Balaban J connectivity index is 1.84. The van der Waals surface area contributed by atoms with Crippen LogP contribution in [0.3, 0.4) is 0 Å². The minimum atomic E-state index is -0.144. The quantitative estimate of drug-likeness (QED) is 0.584. The molecule has 0 aromatic heterocycles. The lowest BCUT2D eigenvalue weighted by atomic mass is 9.91. The van der Waals surface area contributed by atoms with Crippen LogP contribution in [0.1, 0.15) is 67.8 Å². The molecule has 1 heterocycles. The zero-order chi connectivity index (χ0) is 15.8. The molecular weight excluding hydrogens is 274 g/mol. The maximum atomic E-state index is 12.3. The molecule has 1 fully saturated rings. The van der Waals surface area contributed by atoms with Crippen LogP contribution in [-0.2, 0) is 11.2 Å². The summed E-state index contributed by atoms with van der Waals surface area (Å²) in [4.78, 5) is 24.0. The largest absolute Gasteiger partial charge is 0.356 e. The van der Waals surface area contributed by atoms with E-state index in [1.54, 1.807) is 0 Å².